The summed E-state index contributed by atoms with van der Waals surface area (Å²) in [6.45, 7) is 0. The third-order valence-corrected chi connectivity index (χ3v) is 5.75. The summed E-state index contributed by atoms with van der Waals surface area (Å²) in [6.07, 6.45) is 4.50. The Hall–Kier alpha value is -0.100. The number of benzene rings is 1. The van der Waals surface area contributed by atoms with Gasteiger partial charge < -0.3 is 0 Å². The molecule has 0 aliphatic carbocycles. The van der Waals surface area contributed by atoms with Gasteiger partial charge in [-0.05, 0) is 52.6 Å². The average molecular weight is 333 g/mol. The van der Waals surface area contributed by atoms with Gasteiger partial charge in [0.05, 0.1) is 4.47 Å². The van der Waals surface area contributed by atoms with Crippen LogP contribution in [-0.2, 0) is 6.42 Å². The largest absolute Gasteiger partial charge is 0.271 e. The summed E-state index contributed by atoms with van der Waals surface area (Å²) in [6, 6.07) is 5.36. The number of hydrazine groups is 1. The van der Waals surface area contributed by atoms with Crippen LogP contribution in [0.15, 0.2) is 22.7 Å². The van der Waals surface area contributed by atoms with Crippen molar-refractivity contribution in [2.45, 2.75) is 37.0 Å². The number of hydrogen-bond donors (Lipinski definition) is 2. The van der Waals surface area contributed by atoms with Gasteiger partial charge in [0.15, 0.2) is 0 Å². The average Bonchev–Trinajstić information content (AvgIpc) is 2.41. The van der Waals surface area contributed by atoms with E-state index in [2.05, 4.69) is 21.4 Å². The van der Waals surface area contributed by atoms with Crippen molar-refractivity contribution < 1.29 is 4.39 Å². The molecule has 100 valence electrons. The van der Waals surface area contributed by atoms with Crippen molar-refractivity contribution in [3.8, 4) is 0 Å². The van der Waals surface area contributed by atoms with E-state index >= 15 is 0 Å². The molecule has 0 spiro atoms. The van der Waals surface area contributed by atoms with Crippen molar-refractivity contribution in [1.29, 1.82) is 0 Å². The molecule has 0 aromatic heterocycles. The Labute approximate surface area is 120 Å². The first-order valence-corrected chi connectivity index (χ1v) is 8.07. The predicted octanol–water partition coefficient (Wildman–Crippen LogP) is 3.25. The quantitative estimate of drug-likeness (QED) is 0.656. The Balaban J connectivity index is 2.07. The monoisotopic (exact) mass is 332 g/mol. The second-order valence-corrected chi connectivity index (χ2v) is 6.74. The lowest BCUT2D eigenvalue weighted by molar-refractivity contribution is 0.470. The van der Waals surface area contributed by atoms with Gasteiger partial charge in [-0.3, -0.25) is 11.3 Å². The maximum Gasteiger partial charge on any atom is 0.137 e. The van der Waals surface area contributed by atoms with Crippen LogP contribution < -0.4 is 11.3 Å². The summed E-state index contributed by atoms with van der Waals surface area (Å²) < 4.78 is 14.0. The minimum Gasteiger partial charge on any atom is -0.271 e. The highest BCUT2D eigenvalue weighted by molar-refractivity contribution is 9.10. The third-order valence-electron chi connectivity index (χ3n) is 3.35. The molecule has 0 saturated carbocycles. The molecule has 3 N–H and O–H groups in total. The minimum atomic E-state index is -0.209. The molecule has 2 atom stereocenters. The van der Waals surface area contributed by atoms with Crippen molar-refractivity contribution >= 4 is 27.7 Å². The lowest BCUT2D eigenvalue weighted by atomic mass is 10.00. The fourth-order valence-corrected chi connectivity index (χ4v) is 4.16. The summed E-state index contributed by atoms with van der Waals surface area (Å²) in [4.78, 5) is 0. The molecule has 1 aliphatic rings. The molecule has 0 bridgehead atoms. The zero-order valence-corrected chi connectivity index (χ0v) is 12.6. The van der Waals surface area contributed by atoms with Gasteiger partial charge in [0.25, 0.3) is 0 Å². The minimum absolute atomic E-state index is 0.202. The number of halogens is 2. The molecular formula is C13H18BrFN2S. The fraction of sp³-hybridized carbons (Fsp3) is 0.538. The Morgan fingerprint density at radius 2 is 2.33 bits per heavy atom. The SMILES string of the molecule is NNC(Cc1cccc(F)c1Br)C1CCCCS1. The van der Waals surface area contributed by atoms with Gasteiger partial charge in [-0.1, -0.05) is 18.6 Å². The van der Waals surface area contributed by atoms with E-state index in [1.54, 1.807) is 6.07 Å². The normalized spacial score (nSPS) is 21.8. The van der Waals surface area contributed by atoms with Gasteiger partial charge in [-0.15, -0.1) is 0 Å². The summed E-state index contributed by atoms with van der Waals surface area (Å²) >= 11 is 5.29. The highest BCUT2D eigenvalue weighted by Crippen LogP contribution is 2.30. The van der Waals surface area contributed by atoms with Gasteiger partial charge in [0.1, 0.15) is 5.82 Å². The van der Waals surface area contributed by atoms with E-state index in [0.717, 1.165) is 12.0 Å². The first-order chi connectivity index (χ1) is 8.72. The summed E-state index contributed by atoms with van der Waals surface area (Å²) in [5, 5.41) is 0.527. The summed E-state index contributed by atoms with van der Waals surface area (Å²) in [5.74, 6) is 6.66. The smallest absolute Gasteiger partial charge is 0.137 e. The highest BCUT2D eigenvalue weighted by Gasteiger charge is 2.24. The van der Waals surface area contributed by atoms with Gasteiger partial charge >= 0.3 is 0 Å². The maximum absolute atomic E-state index is 13.5. The lowest BCUT2D eigenvalue weighted by Crippen LogP contribution is -2.45. The molecule has 2 unspecified atom stereocenters. The Morgan fingerprint density at radius 3 is 3.00 bits per heavy atom. The van der Waals surface area contributed by atoms with Gasteiger partial charge in [-0.25, -0.2) is 4.39 Å². The van der Waals surface area contributed by atoms with Crippen LogP contribution >= 0.6 is 27.7 Å². The van der Waals surface area contributed by atoms with Gasteiger partial charge in [-0.2, -0.15) is 11.8 Å². The molecule has 2 rings (SSSR count). The molecule has 1 aliphatic heterocycles. The Bertz CT molecular complexity index is 397. The van der Waals surface area contributed by atoms with Crippen LogP contribution in [0.25, 0.3) is 0 Å². The van der Waals surface area contributed by atoms with Crippen LogP contribution in [0.1, 0.15) is 24.8 Å². The first-order valence-electron chi connectivity index (χ1n) is 6.23. The van der Waals surface area contributed by atoms with E-state index in [0.29, 0.717) is 9.72 Å². The molecule has 2 nitrogen and oxygen atoms in total. The molecular weight excluding hydrogens is 315 g/mol. The molecule has 1 aromatic rings. The Kier molecular flexibility index (Phi) is 5.48. The van der Waals surface area contributed by atoms with Crippen LogP contribution in [0.4, 0.5) is 4.39 Å². The van der Waals surface area contributed by atoms with E-state index in [9.17, 15) is 4.39 Å². The van der Waals surface area contributed by atoms with E-state index in [-0.39, 0.29) is 11.9 Å². The summed E-state index contributed by atoms with van der Waals surface area (Å²) in [7, 11) is 0. The fourth-order valence-electron chi connectivity index (χ4n) is 2.32. The highest BCUT2D eigenvalue weighted by atomic mass is 79.9. The maximum atomic E-state index is 13.5. The number of hydrogen-bond acceptors (Lipinski definition) is 3. The van der Waals surface area contributed by atoms with Crippen LogP contribution in [0.2, 0.25) is 0 Å². The van der Waals surface area contributed by atoms with Crippen LogP contribution in [-0.4, -0.2) is 17.0 Å². The van der Waals surface area contributed by atoms with E-state index in [4.69, 9.17) is 5.84 Å². The van der Waals surface area contributed by atoms with E-state index in [1.807, 2.05) is 17.8 Å². The summed E-state index contributed by atoms with van der Waals surface area (Å²) in [5.41, 5.74) is 3.88. The number of nitrogens with two attached hydrogens (primary N) is 1. The second-order valence-electron chi connectivity index (χ2n) is 4.60. The zero-order valence-electron chi connectivity index (χ0n) is 10.2. The van der Waals surface area contributed by atoms with Gasteiger partial charge in [0, 0.05) is 11.3 Å². The Morgan fingerprint density at radius 1 is 1.50 bits per heavy atom. The van der Waals surface area contributed by atoms with Crippen LogP contribution in [0.5, 0.6) is 0 Å². The zero-order chi connectivity index (χ0) is 13.0. The topological polar surface area (TPSA) is 38.0 Å². The number of thioether (sulfide) groups is 1. The van der Waals surface area contributed by atoms with E-state index < -0.39 is 0 Å². The molecule has 0 amide bonds. The second kappa shape index (κ2) is 6.89. The lowest BCUT2D eigenvalue weighted by Gasteiger charge is -2.29. The predicted molar refractivity (Wildman–Crippen MR) is 79.0 cm³/mol. The third kappa shape index (κ3) is 3.47. The van der Waals surface area contributed by atoms with Crippen molar-refractivity contribution in [3.63, 3.8) is 0 Å². The molecule has 1 saturated heterocycles. The van der Waals surface area contributed by atoms with Crippen molar-refractivity contribution in [1.82, 2.24) is 5.43 Å². The number of rotatable bonds is 4. The van der Waals surface area contributed by atoms with E-state index in [1.165, 1.54) is 31.1 Å². The van der Waals surface area contributed by atoms with Crippen molar-refractivity contribution in [2.75, 3.05) is 5.75 Å². The molecule has 1 fully saturated rings. The van der Waals surface area contributed by atoms with Crippen LogP contribution in [0.3, 0.4) is 0 Å². The number of nitrogens with one attached hydrogen (secondary N) is 1. The molecule has 0 radical (unpaired) electrons. The van der Waals surface area contributed by atoms with Gasteiger partial charge in [0.2, 0.25) is 0 Å². The molecule has 1 heterocycles. The van der Waals surface area contributed by atoms with Crippen LogP contribution in [0, 0.1) is 5.82 Å². The molecule has 1 aromatic carbocycles. The standard InChI is InChI=1S/C13H18BrFN2S/c14-13-9(4-3-5-10(13)15)8-11(17-16)12-6-1-2-7-18-12/h3-5,11-12,17H,1-2,6-8,16H2. The molecule has 18 heavy (non-hydrogen) atoms. The van der Waals surface area contributed by atoms with Crippen molar-refractivity contribution in [2.24, 2.45) is 5.84 Å². The first kappa shape index (κ1) is 14.3. The van der Waals surface area contributed by atoms with Crippen molar-refractivity contribution in [3.05, 3.63) is 34.1 Å². The molecule has 5 heteroatoms.